The molecule has 1 saturated heterocycles. The number of carbonyl (C=O) groups excluding carboxylic acids is 1. The van der Waals surface area contributed by atoms with Crippen LogP contribution in [0, 0.1) is 0 Å². The molecule has 1 fully saturated rings. The second-order valence-electron chi connectivity index (χ2n) is 6.94. The van der Waals surface area contributed by atoms with Crippen LogP contribution in [-0.2, 0) is 12.8 Å². The van der Waals surface area contributed by atoms with Gasteiger partial charge in [0, 0.05) is 31.9 Å². The van der Waals surface area contributed by atoms with Gasteiger partial charge in [-0.25, -0.2) is 4.98 Å². The number of hydrogen-bond acceptors (Lipinski definition) is 4. The van der Waals surface area contributed by atoms with Crippen LogP contribution >= 0.6 is 0 Å². The summed E-state index contributed by atoms with van der Waals surface area (Å²) in [5.41, 5.74) is 5.19. The highest BCUT2D eigenvalue weighted by Gasteiger charge is 2.22. The molecule has 0 radical (unpaired) electrons. The summed E-state index contributed by atoms with van der Waals surface area (Å²) in [6.07, 6.45) is 3.72. The molecule has 0 bridgehead atoms. The third-order valence-electron chi connectivity index (χ3n) is 5.36. The first-order chi connectivity index (χ1) is 13.2. The molecule has 0 saturated carbocycles. The number of rotatable bonds is 6. The van der Waals surface area contributed by atoms with Crippen molar-refractivity contribution in [1.82, 2.24) is 14.8 Å². The second kappa shape index (κ2) is 9.00. The van der Waals surface area contributed by atoms with Crippen LogP contribution in [0.25, 0.3) is 0 Å². The predicted molar refractivity (Wildman–Crippen MR) is 111 cm³/mol. The van der Waals surface area contributed by atoms with E-state index in [4.69, 9.17) is 0 Å². The zero-order valence-corrected chi connectivity index (χ0v) is 16.7. The lowest BCUT2D eigenvalue weighted by Gasteiger charge is -2.33. The maximum Gasteiger partial charge on any atom is 0.272 e. The first-order valence-electron chi connectivity index (χ1n) is 10.0. The van der Waals surface area contributed by atoms with Crippen molar-refractivity contribution in [1.29, 1.82) is 0 Å². The van der Waals surface area contributed by atoms with E-state index in [1.54, 1.807) is 6.20 Å². The van der Waals surface area contributed by atoms with Gasteiger partial charge in [0.1, 0.15) is 5.69 Å². The highest BCUT2D eigenvalue weighted by Crippen LogP contribution is 2.26. The Hall–Kier alpha value is -2.40. The molecule has 1 N–H and O–H groups in total. The number of carbonyl (C=O) groups is 1. The van der Waals surface area contributed by atoms with Crippen molar-refractivity contribution in [2.45, 2.75) is 33.6 Å². The molecule has 27 heavy (non-hydrogen) atoms. The van der Waals surface area contributed by atoms with Gasteiger partial charge in [-0.2, -0.15) is 0 Å². The first-order valence-corrected chi connectivity index (χ1v) is 10.0. The van der Waals surface area contributed by atoms with Crippen molar-refractivity contribution in [2.24, 2.45) is 0 Å². The lowest BCUT2D eigenvalue weighted by atomic mass is 10.0. The Morgan fingerprint density at radius 3 is 2.19 bits per heavy atom. The summed E-state index contributed by atoms with van der Waals surface area (Å²) < 4.78 is 0. The third kappa shape index (κ3) is 4.48. The summed E-state index contributed by atoms with van der Waals surface area (Å²) in [5.74, 6) is 0.0282. The molecule has 1 aliphatic heterocycles. The number of aromatic nitrogens is 1. The summed E-state index contributed by atoms with van der Waals surface area (Å²) >= 11 is 0. The molecule has 0 spiro atoms. The van der Waals surface area contributed by atoms with Crippen LogP contribution in [0.1, 0.15) is 42.4 Å². The highest BCUT2D eigenvalue weighted by atomic mass is 16.2. The zero-order chi connectivity index (χ0) is 19.2. The zero-order valence-electron chi connectivity index (χ0n) is 16.7. The van der Waals surface area contributed by atoms with Crippen molar-refractivity contribution in [3.63, 3.8) is 0 Å². The Bertz CT molecular complexity index is 742. The van der Waals surface area contributed by atoms with Gasteiger partial charge in [-0.15, -0.1) is 0 Å². The van der Waals surface area contributed by atoms with Crippen molar-refractivity contribution in [3.05, 3.63) is 53.3 Å². The van der Waals surface area contributed by atoms with Crippen molar-refractivity contribution in [2.75, 3.05) is 38.0 Å². The lowest BCUT2D eigenvalue weighted by Crippen LogP contribution is -2.48. The van der Waals surface area contributed by atoms with E-state index in [2.05, 4.69) is 54.2 Å². The summed E-state index contributed by atoms with van der Waals surface area (Å²) in [6, 6.07) is 10.2. The molecule has 0 atom stereocenters. The van der Waals surface area contributed by atoms with Crippen LogP contribution < -0.4 is 5.32 Å². The van der Waals surface area contributed by atoms with Crippen molar-refractivity contribution >= 4 is 17.3 Å². The molecule has 5 heteroatoms. The smallest absolute Gasteiger partial charge is 0.272 e. The fourth-order valence-electron chi connectivity index (χ4n) is 3.57. The predicted octanol–water partition coefficient (Wildman–Crippen LogP) is 3.73. The van der Waals surface area contributed by atoms with Crippen molar-refractivity contribution < 1.29 is 4.79 Å². The largest absolute Gasteiger partial charge is 0.354 e. The third-order valence-corrected chi connectivity index (χ3v) is 5.36. The SMILES string of the molecule is CCc1cccc(CC)c1Nc1ccc(C(=O)N2CCN(CC)CC2)nc1. The number of hydrogen-bond donors (Lipinski definition) is 1. The fourth-order valence-corrected chi connectivity index (χ4v) is 3.57. The van der Waals surface area contributed by atoms with Gasteiger partial charge in [-0.3, -0.25) is 4.79 Å². The molecule has 2 aromatic rings. The van der Waals surface area contributed by atoms with Crippen LogP contribution in [-0.4, -0.2) is 53.4 Å². The number of nitrogens with zero attached hydrogens (tertiary/aromatic N) is 3. The van der Waals surface area contributed by atoms with Gasteiger partial charge in [-0.05, 0) is 42.6 Å². The van der Waals surface area contributed by atoms with Crippen LogP contribution in [0.5, 0.6) is 0 Å². The molecule has 1 aromatic heterocycles. The molecule has 0 unspecified atom stereocenters. The van der Waals surface area contributed by atoms with Gasteiger partial charge >= 0.3 is 0 Å². The van der Waals surface area contributed by atoms with Crippen LogP contribution in [0.4, 0.5) is 11.4 Å². The Morgan fingerprint density at radius 1 is 1.00 bits per heavy atom. The van der Waals surface area contributed by atoms with Gasteiger partial charge in [0.2, 0.25) is 0 Å². The summed E-state index contributed by atoms with van der Waals surface area (Å²) in [7, 11) is 0. The summed E-state index contributed by atoms with van der Waals surface area (Å²) in [6.45, 7) is 11.0. The molecule has 1 amide bonds. The van der Waals surface area contributed by atoms with Gasteiger partial charge in [0.25, 0.3) is 5.91 Å². The molecular weight excluding hydrogens is 336 g/mol. The second-order valence-corrected chi connectivity index (χ2v) is 6.94. The topological polar surface area (TPSA) is 48.5 Å². The van der Waals surface area contributed by atoms with E-state index in [0.29, 0.717) is 5.69 Å². The van der Waals surface area contributed by atoms with E-state index in [1.807, 2.05) is 17.0 Å². The number of para-hydroxylation sites is 1. The van der Waals surface area contributed by atoms with E-state index in [0.717, 1.165) is 51.3 Å². The Kier molecular flexibility index (Phi) is 6.45. The Labute approximate surface area is 162 Å². The van der Waals surface area contributed by atoms with Crippen LogP contribution in [0.2, 0.25) is 0 Å². The van der Waals surface area contributed by atoms with Crippen LogP contribution in [0.3, 0.4) is 0 Å². The molecule has 1 aliphatic rings. The number of pyridine rings is 1. The average Bonchev–Trinajstić information content (AvgIpc) is 2.74. The average molecular weight is 367 g/mol. The number of benzene rings is 1. The number of aryl methyl sites for hydroxylation is 2. The molecule has 2 heterocycles. The Morgan fingerprint density at radius 2 is 1.67 bits per heavy atom. The van der Waals surface area contributed by atoms with Crippen LogP contribution in [0.15, 0.2) is 36.5 Å². The fraction of sp³-hybridized carbons (Fsp3) is 0.455. The van der Waals surface area contributed by atoms with E-state index < -0.39 is 0 Å². The number of nitrogens with one attached hydrogen (secondary N) is 1. The number of likely N-dealkylation sites (N-methyl/N-ethyl adjacent to an activating group) is 1. The summed E-state index contributed by atoms with van der Waals surface area (Å²) in [4.78, 5) is 21.4. The van der Waals surface area contributed by atoms with Gasteiger partial charge in [0.15, 0.2) is 0 Å². The van der Waals surface area contributed by atoms with Crippen molar-refractivity contribution in [3.8, 4) is 0 Å². The maximum atomic E-state index is 12.7. The Balaban J connectivity index is 1.70. The molecular formula is C22H30N4O. The quantitative estimate of drug-likeness (QED) is 0.846. The molecule has 144 valence electrons. The number of anilines is 2. The number of amides is 1. The standard InChI is InChI=1S/C22H30N4O/c1-4-17-8-7-9-18(5-2)21(17)24-19-10-11-20(23-16-19)22(27)26-14-12-25(6-3)13-15-26/h7-11,16,24H,4-6,12-15H2,1-3H3. The molecule has 1 aromatic carbocycles. The summed E-state index contributed by atoms with van der Waals surface area (Å²) in [5, 5.41) is 3.51. The van der Waals surface area contributed by atoms with E-state index in [-0.39, 0.29) is 5.91 Å². The molecule has 0 aliphatic carbocycles. The first kappa shape index (κ1) is 19.4. The van der Waals surface area contributed by atoms with E-state index >= 15 is 0 Å². The monoisotopic (exact) mass is 366 g/mol. The molecule has 5 nitrogen and oxygen atoms in total. The normalized spacial score (nSPS) is 15.0. The minimum Gasteiger partial charge on any atom is -0.354 e. The van der Waals surface area contributed by atoms with Gasteiger partial charge in [-0.1, -0.05) is 39.0 Å². The number of piperazine rings is 1. The highest BCUT2D eigenvalue weighted by molar-refractivity contribution is 5.92. The lowest BCUT2D eigenvalue weighted by molar-refractivity contribution is 0.0637. The minimum absolute atomic E-state index is 0.0282. The van der Waals surface area contributed by atoms with Gasteiger partial charge < -0.3 is 15.1 Å². The minimum atomic E-state index is 0.0282. The van der Waals surface area contributed by atoms with E-state index in [1.165, 1.54) is 16.8 Å². The maximum absolute atomic E-state index is 12.7. The molecule has 3 rings (SSSR count). The van der Waals surface area contributed by atoms with Gasteiger partial charge in [0.05, 0.1) is 11.9 Å². The van der Waals surface area contributed by atoms with E-state index in [9.17, 15) is 4.79 Å².